The molecule has 2 aromatic heterocycles. The molecule has 25 heavy (non-hydrogen) atoms. The number of aromatic nitrogens is 4. The highest BCUT2D eigenvalue weighted by molar-refractivity contribution is 5.85. The second kappa shape index (κ2) is 7.58. The van der Waals surface area contributed by atoms with Gasteiger partial charge in [-0.15, -0.1) is 0 Å². The lowest BCUT2D eigenvalue weighted by atomic mass is 9.95. The highest BCUT2D eigenvalue weighted by atomic mass is 16.3. The first-order chi connectivity index (χ1) is 12.1. The van der Waals surface area contributed by atoms with Crippen LogP contribution in [0, 0.1) is 5.92 Å². The number of nitrogens with zero attached hydrogens (tertiary/aromatic N) is 5. The molecule has 0 saturated carbocycles. The Hall–Kier alpha value is -2.51. The maximum absolute atomic E-state index is 10.8. The van der Waals surface area contributed by atoms with Gasteiger partial charge in [-0.2, -0.15) is 5.10 Å². The fourth-order valence-electron chi connectivity index (χ4n) is 3.00. The van der Waals surface area contributed by atoms with Crippen molar-refractivity contribution in [2.75, 3.05) is 32.5 Å². The summed E-state index contributed by atoms with van der Waals surface area (Å²) in [5.41, 5.74) is 1.70. The van der Waals surface area contributed by atoms with Gasteiger partial charge in [-0.3, -0.25) is 4.68 Å². The Balaban J connectivity index is 1.78. The molecule has 0 radical (unpaired) electrons. The molecular weight excluding hydrogens is 316 g/mol. The third-order valence-corrected chi connectivity index (χ3v) is 4.25. The summed E-state index contributed by atoms with van der Waals surface area (Å²) in [6.45, 7) is 1.35. The van der Waals surface area contributed by atoms with Gasteiger partial charge in [-0.05, 0) is 19.7 Å². The molecule has 0 aliphatic rings. The predicted octanol–water partition coefficient (Wildman–Crippen LogP) is 1.69. The van der Waals surface area contributed by atoms with Gasteiger partial charge in [0.15, 0.2) is 5.65 Å². The van der Waals surface area contributed by atoms with Crippen molar-refractivity contribution in [2.45, 2.75) is 6.10 Å². The molecular formula is C18H24N6O. The van der Waals surface area contributed by atoms with E-state index in [1.54, 1.807) is 10.9 Å². The molecule has 7 heteroatoms. The number of benzene rings is 1. The SMILES string of the molecule is CN(C)C[C@H](CNc1ncnc2c1cnn2C)[C@H](O)c1ccccc1. The summed E-state index contributed by atoms with van der Waals surface area (Å²) in [7, 11) is 5.87. The van der Waals surface area contributed by atoms with E-state index in [0.717, 1.165) is 29.0 Å². The number of aliphatic hydroxyl groups is 1. The van der Waals surface area contributed by atoms with Crippen LogP contribution >= 0.6 is 0 Å². The van der Waals surface area contributed by atoms with Crippen LogP contribution in [0.3, 0.4) is 0 Å². The maximum Gasteiger partial charge on any atom is 0.163 e. The molecule has 1 aromatic carbocycles. The molecule has 2 N–H and O–H groups in total. The average Bonchev–Trinajstić information content (AvgIpc) is 3.00. The summed E-state index contributed by atoms with van der Waals surface area (Å²) in [6, 6.07) is 9.76. The number of anilines is 1. The molecule has 3 aromatic rings. The summed E-state index contributed by atoms with van der Waals surface area (Å²) in [6.07, 6.45) is 2.73. The second-order valence-electron chi connectivity index (χ2n) is 6.49. The van der Waals surface area contributed by atoms with Crippen molar-refractivity contribution in [1.82, 2.24) is 24.6 Å². The number of hydrogen-bond donors (Lipinski definition) is 2. The zero-order valence-electron chi connectivity index (χ0n) is 14.8. The fourth-order valence-corrected chi connectivity index (χ4v) is 3.00. The molecule has 7 nitrogen and oxygen atoms in total. The number of nitrogens with one attached hydrogen (secondary N) is 1. The first-order valence-corrected chi connectivity index (χ1v) is 8.30. The summed E-state index contributed by atoms with van der Waals surface area (Å²) in [5, 5.41) is 19.3. The van der Waals surface area contributed by atoms with Crippen molar-refractivity contribution >= 4 is 16.9 Å². The Kier molecular flexibility index (Phi) is 5.25. The maximum atomic E-state index is 10.8. The molecule has 2 atom stereocenters. The molecule has 0 saturated heterocycles. The van der Waals surface area contributed by atoms with E-state index in [1.165, 1.54) is 6.33 Å². The third-order valence-electron chi connectivity index (χ3n) is 4.25. The lowest BCUT2D eigenvalue weighted by molar-refractivity contribution is 0.0969. The quantitative estimate of drug-likeness (QED) is 0.681. The first kappa shape index (κ1) is 17.3. The monoisotopic (exact) mass is 340 g/mol. The van der Waals surface area contributed by atoms with Gasteiger partial charge < -0.3 is 15.3 Å². The topological polar surface area (TPSA) is 79.1 Å². The Bertz CT molecular complexity index is 817. The van der Waals surface area contributed by atoms with Crippen LogP contribution in [0.5, 0.6) is 0 Å². The molecule has 132 valence electrons. The minimum Gasteiger partial charge on any atom is -0.388 e. The lowest BCUT2D eigenvalue weighted by Crippen LogP contribution is -2.32. The van der Waals surface area contributed by atoms with Gasteiger partial charge in [0.25, 0.3) is 0 Å². The first-order valence-electron chi connectivity index (χ1n) is 8.30. The largest absolute Gasteiger partial charge is 0.388 e. The van der Waals surface area contributed by atoms with Crippen molar-refractivity contribution in [3.8, 4) is 0 Å². The van der Waals surface area contributed by atoms with Gasteiger partial charge in [-0.25, -0.2) is 9.97 Å². The van der Waals surface area contributed by atoms with Crippen molar-refractivity contribution in [3.05, 3.63) is 48.4 Å². The average molecular weight is 340 g/mol. The number of rotatable bonds is 7. The van der Waals surface area contributed by atoms with Crippen molar-refractivity contribution < 1.29 is 5.11 Å². The van der Waals surface area contributed by atoms with Crippen molar-refractivity contribution in [2.24, 2.45) is 13.0 Å². The van der Waals surface area contributed by atoms with Crippen molar-refractivity contribution in [1.29, 1.82) is 0 Å². The normalized spacial score (nSPS) is 14.0. The Morgan fingerprint density at radius 3 is 2.68 bits per heavy atom. The summed E-state index contributed by atoms with van der Waals surface area (Å²) >= 11 is 0. The van der Waals surface area contributed by atoms with E-state index in [4.69, 9.17) is 0 Å². The van der Waals surface area contributed by atoms with E-state index < -0.39 is 6.10 Å². The standard InChI is InChI=1S/C18H24N6O/c1-23(2)11-14(16(25)13-7-5-4-6-8-13)9-19-17-15-10-22-24(3)18(15)21-12-20-17/h4-8,10,12,14,16,25H,9,11H2,1-3H3,(H,19,20,21)/t14-,16+/m0/s1. The molecule has 0 aliphatic carbocycles. The summed E-state index contributed by atoms with van der Waals surface area (Å²) in [4.78, 5) is 10.7. The third kappa shape index (κ3) is 3.94. The molecule has 0 fully saturated rings. The highest BCUT2D eigenvalue weighted by Gasteiger charge is 2.22. The smallest absolute Gasteiger partial charge is 0.163 e. The number of aryl methyl sites for hydroxylation is 1. The molecule has 0 spiro atoms. The van der Waals surface area contributed by atoms with Gasteiger partial charge in [0.05, 0.1) is 17.7 Å². The van der Waals surface area contributed by atoms with Crippen LogP contribution in [0.25, 0.3) is 11.0 Å². The summed E-state index contributed by atoms with van der Waals surface area (Å²) in [5.74, 6) is 0.751. The van der Waals surface area contributed by atoms with E-state index in [1.807, 2.05) is 51.5 Å². The lowest BCUT2D eigenvalue weighted by Gasteiger charge is -2.26. The molecule has 0 aliphatic heterocycles. The number of fused-ring (bicyclic) bond motifs is 1. The second-order valence-corrected chi connectivity index (χ2v) is 6.49. The van der Waals surface area contributed by atoms with E-state index in [2.05, 4.69) is 25.3 Å². The molecule has 2 heterocycles. The molecule has 0 amide bonds. The van der Waals surface area contributed by atoms with Gasteiger partial charge >= 0.3 is 0 Å². The number of aliphatic hydroxyl groups excluding tert-OH is 1. The van der Waals surface area contributed by atoms with Gasteiger partial charge in [0.2, 0.25) is 0 Å². The van der Waals surface area contributed by atoms with Gasteiger partial charge in [0, 0.05) is 26.1 Å². The van der Waals surface area contributed by atoms with Crippen LogP contribution in [0.2, 0.25) is 0 Å². The fraction of sp³-hybridized carbons (Fsp3) is 0.389. The Morgan fingerprint density at radius 1 is 1.20 bits per heavy atom. The molecule has 3 rings (SSSR count). The van der Waals surface area contributed by atoms with E-state index in [0.29, 0.717) is 6.54 Å². The minimum atomic E-state index is -0.553. The van der Waals surface area contributed by atoms with Crippen LogP contribution in [-0.2, 0) is 7.05 Å². The van der Waals surface area contributed by atoms with Crippen LogP contribution < -0.4 is 5.32 Å². The predicted molar refractivity (Wildman–Crippen MR) is 98.2 cm³/mol. The zero-order chi connectivity index (χ0) is 17.8. The van der Waals surface area contributed by atoms with Crippen molar-refractivity contribution in [3.63, 3.8) is 0 Å². The Morgan fingerprint density at radius 2 is 1.96 bits per heavy atom. The van der Waals surface area contributed by atoms with Crippen LogP contribution in [0.1, 0.15) is 11.7 Å². The molecule has 0 bridgehead atoms. The van der Waals surface area contributed by atoms with Crippen LogP contribution in [0.4, 0.5) is 5.82 Å². The van der Waals surface area contributed by atoms with Gasteiger partial charge in [0.1, 0.15) is 12.1 Å². The zero-order valence-corrected chi connectivity index (χ0v) is 14.8. The summed E-state index contributed by atoms with van der Waals surface area (Å²) < 4.78 is 1.72. The number of hydrogen-bond acceptors (Lipinski definition) is 6. The van der Waals surface area contributed by atoms with E-state index in [9.17, 15) is 5.11 Å². The minimum absolute atomic E-state index is 0.0130. The molecule has 0 unspecified atom stereocenters. The Labute approximate surface area is 147 Å². The van der Waals surface area contributed by atoms with Crippen LogP contribution in [-0.4, -0.2) is 56.9 Å². The van der Waals surface area contributed by atoms with E-state index >= 15 is 0 Å². The highest BCUT2D eigenvalue weighted by Crippen LogP contribution is 2.24. The van der Waals surface area contributed by atoms with Gasteiger partial charge in [-0.1, -0.05) is 30.3 Å². The van der Waals surface area contributed by atoms with Crippen LogP contribution in [0.15, 0.2) is 42.9 Å². The van der Waals surface area contributed by atoms with E-state index in [-0.39, 0.29) is 5.92 Å².